The molecule has 0 radical (unpaired) electrons. The number of anilines is 1. The maximum atomic E-state index is 12.0. The Bertz CT molecular complexity index is 661. The zero-order valence-electron chi connectivity index (χ0n) is 11.2. The number of aliphatic hydroxyl groups excluding tert-OH is 1. The van der Waals surface area contributed by atoms with Crippen LogP contribution in [0.25, 0.3) is 0 Å². The Kier molecular flexibility index (Phi) is 3.92. The van der Waals surface area contributed by atoms with Crippen molar-refractivity contribution in [2.24, 2.45) is 0 Å². The van der Waals surface area contributed by atoms with E-state index in [2.05, 4.69) is 10.6 Å². The van der Waals surface area contributed by atoms with E-state index in [-0.39, 0.29) is 12.5 Å². The SMILES string of the molecule is O=C1Nc2ccc(Cl)cc2C1NCC(O)c1ccccc1. The molecule has 2 unspecified atom stereocenters. The number of nitrogens with one attached hydrogen (secondary N) is 2. The number of hydrogen-bond donors (Lipinski definition) is 3. The van der Waals surface area contributed by atoms with Gasteiger partial charge in [0.25, 0.3) is 0 Å². The first-order valence-electron chi connectivity index (χ1n) is 6.72. The molecule has 1 aliphatic heterocycles. The van der Waals surface area contributed by atoms with E-state index in [0.29, 0.717) is 5.02 Å². The fourth-order valence-electron chi connectivity index (χ4n) is 2.46. The summed E-state index contributed by atoms with van der Waals surface area (Å²) in [4.78, 5) is 12.0. The highest BCUT2D eigenvalue weighted by Gasteiger charge is 2.30. The predicted molar refractivity (Wildman–Crippen MR) is 82.2 cm³/mol. The van der Waals surface area contributed by atoms with Crippen molar-refractivity contribution < 1.29 is 9.90 Å². The van der Waals surface area contributed by atoms with Crippen LogP contribution in [0.15, 0.2) is 48.5 Å². The van der Waals surface area contributed by atoms with Gasteiger partial charge in [-0.2, -0.15) is 0 Å². The van der Waals surface area contributed by atoms with Gasteiger partial charge in [0.15, 0.2) is 0 Å². The number of rotatable bonds is 4. The molecule has 3 N–H and O–H groups in total. The summed E-state index contributed by atoms with van der Waals surface area (Å²) in [6, 6.07) is 14.1. The van der Waals surface area contributed by atoms with Gasteiger partial charge in [0.1, 0.15) is 6.04 Å². The van der Waals surface area contributed by atoms with E-state index in [1.54, 1.807) is 18.2 Å². The Morgan fingerprint density at radius 3 is 2.76 bits per heavy atom. The van der Waals surface area contributed by atoms with Gasteiger partial charge in [0.05, 0.1) is 6.10 Å². The first-order chi connectivity index (χ1) is 10.1. The second kappa shape index (κ2) is 5.85. The third kappa shape index (κ3) is 2.93. The molecule has 4 nitrogen and oxygen atoms in total. The molecule has 1 aliphatic rings. The molecule has 108 valence electrons. The van der Waals surface area contributed by atoms with Crippen LogP contribution in [0.4, 0.5) is 5.69 Å². The zero-order valence-corrected chi connectivity index (χ0v) is 12.0. The van der Waals surface area contributed by atoms with Crippen LogP contribution in [0.5, 0.6) is 0 Å². The maximum absolute atomic E-state index is 12.0. The summed E-state index contributed by atoms with van der Waals surface area (Å²) in [5.41, 5.74) is 2.39. The molecule has 1 amide bonds. The molecule has 0 fully saturated rings. The molecule has 1 heterocycles. The van der Waals surface area contributed by atoms with Crippen LogP contribution in [0.1, 0.15) is 23.3 Å². The minimum Gasteiger partial charge on any atom is -0.387 e. The molecule has 0 spiro atoms. The van der Waals surface area contributed by atoms with Gasteiger partial charge in [-0.15, -0.1) is 0 Å². The van der Waals surface area contributed by atoms with Gasteiger partial charge in [-0.25, -0.2) is 0 Å². The van der Waals surface area contributed by atoms with Crippen molar-refractivity contribution in [3.8, 4) is 0 Å². The molecule has 0 aliphatic carbocycles. The average Bonchev–Trinajstić information content (AvgIpc) is 2.80. The molecule has 0 aromatic heterocycles. The lowest BCUT2D eigenvalue weighted by Crippen LogP contribution is -2.31. The van der Waals surface area contributed by atoms with E-state index in [9.17, 15) is 9.90 Å². The molecule has 0 saturated carbocycles. The van der Waals surface area contributed by atoms with Gasteiger partial charge in [0.2, 0.25) is 5.91 Å². The Labute approximate surface area is 127 Å². The van der Waals surface area contributed by atoms with Crippen molar-refractivity contribution >= 4 is 23.2 Å². The number of carbonyl (C=O) groups is 1. The molecule has 3 rings (SSSR count). The minimum absolute atomic E-state index is 0.132. The summed E-state index contributed by atoms with van der Waals surface area (Å²) < 4.78 is 0. The Morgan fingerprint density at radius 1 is 1.24 bits per heavy atom. The highest BCUT2D eigenvalue weighted by atomic mass is 35.5. The summed E-state index contributed by atoms with van der Waals surface area (Å²) >= 11 is 5.98. The number of hydrogen-bond acceptors (Lipinski definition) is 3. The van der Waals surface area contributed by atoms with Gasteiger partial charge < -0.3 is 10.4 Å². The minimum atomic E-state index is -0.665. The standard InChI is InChI=1S/C16H15ClN2O2/c17-11-6-7-13-12(8-11)15(16(21)19-13)18-9-14(20)10-4-2-1-3-5-10/h1-8,14-15,18,20H,9H2,(H,19,21). The number of fused-ring (bicyclic) bond motifs is 1. The average molecular weight is 303 g/mol. The van der Waals surface area contributed by atoms with Crippen molar-refractivity contribution in [3.05, 3.63) is 64.7 Å². The van der Waals surface area contributed by atoms with Crippen molar-refractivity contribution in [1.82, 2.24) is 5.32 Å². The number of amides is 1. The van der Waals surface area contributed by atoms with Crippen LogP contribution in [0.2, 0.25) is 5.02 Å². The molecule has 0 saturated heterocycles. The normalized spacial score (nSPS) is 18.2. The van der Waals surface area contributed by atoms with Crippen LogP contribution in [0, 0.1) is 0 Å². The number of benzene rings is 2. The van der Waals surface area contributed by atoms with Crippen molar-refractivity contribution in [1.29, 1.82) is 0 Å². The van der Waals surface area contributed by atoms with E-state index in [4.69, 9.17) is 11.6 Å². The maximum Gasteiger partial charge on any atom is 0.246 e. The summed E-state index contributed by atoms with van der Waals surface area (Å²) in [7, 11) is 0. The Balaban J connectivity index is 1.72. The van der Waals surface area contributed by atoms with Gasteiger partial charge in [-0.05, 0) is 23.8 Å². The van der Waals surface area contributed by atoms with Gasteiger partial charge in [-0.1, -0.05) is 41.9 Å². The molecule has 21 heavy (non-hydrogen) atoms. The quantitative estimate of drug-likeness (QED) is 0.814. The van der Waals surface area contributed by atoms with Crippen molar-refractivity contribution in [2.75, 3.05) is 11.9 Å². The van der Waals surface area contributed by atoms with Crippen LogP contribution in [-0.2, 0) is 4.79 Å². The van der Waals surface area contributed by atoms with Crippen LogP contribution < -0.4 is 10.6 Å². The first kappa shape index (κ1) is 14.1. The molecule has 2 aromatic carbocycles. The fourth-order valence-corrected chi connectivity index (χ4v) is 2.64. The summed E-state index contributed by atoms with van der Waals surface area (Å²) in [5.74, 6) is -0.132. The van der Waals surface area contributed by atoms with E-state index < -0.39 is 12.1 Å². The number of carbonyl (C=O) groups excluding carboxylic acids is 1. The summed E-state index contributed by atoms with van der Waals surface area (Å²) in [6.45, 7) is 0.286. The first-order valence-corrected chi connectivity index (χ1v) is 7.09. The topological polar surface area (TPSA) is 61.4 Å². The summed E-state index contributed by atoms with van der Waals surface area (Å²) in [5, 5.41) is 16.6. The van der Waals surface area contributed by atoms with Crippen molar-refractivity contribution in [2.45, 2.75) is 12.1 Å². The van der Waals surface area contributed by atoms with Gasteiger partial charge in [0, 0.05) is 22.8 Å². The number of halogens is 1. The number of aliphatic hydroxyl groups is 1. The van der Waals surface area contributed by atoms with E-state index in [1.807, 2.05) is 30.3 Å². The third-order valence-corrected chi connectivity index (χ3v) is 3.78. The fraction of sp³-hybridized carbons (Fsp3) is 0.188. The molecule has 0 bridgehead atoms. The molecular formula is C16H15ClN2O2. The largest absolute Gasteiger partial charge is 0.387 e. The zero-order chi connectivity index (χ0) is 14.8. The van der Waals surface area contributed by atoms with Crippen LogP contribution in [-0.4, -0.2) is 17.6 Å². The molecular weight excluding hydrogens is 288 g/mol. The van der Waals surface area contributed by atoms with Crippen LogP contribution in [0.3, 0.4) is 0 Å². The molecule has 2 aromatic rings. The van der Waals surface area contributed by atoms with E-state index >= 15 is 0 Å². The van der Waals surface area contributed by atoms with Gasteiger partial charge in [-0.3, -0.25) is 10.1 Å². The van der Waals surface area contributed by atoms with Crippen LogP contribution >= 0.6 is 11.6 Å². The summed E-state index contributed by atoms with van der Waals surface area (Å²) in [6.07, 6.45) is -0.665. The lowest BCUT2D eigenvalue weighted by atomic mass is 10.1. The van der Waals surface area contributed by atoms with Crippen molar-refractivity contribution in [3.63, 3.8) is 0 Å². The Morgan fingerprint density at radius 2 is 2.00 bits per heavy atom. The lowest BCUT2D eigenvalue weighted by molar-refractivity contribution is -0.117. The predicted octanol–water partition coefficient (Wildman–Crippen LogP) is 2.66. The second-order valence-corrected chi connectivity index (χ2v) is 5.43. The third-order valence-electron chi connectivity index (χ3n) is 3.54. The Hall–Kier alpha value is -1.88. The highest BCUT2D eigenvalue weighted by molar-refractivity contribution is 6.31. The van der Waals surface area contributed by atoms with E-state index in [1.165, 1.54) is 0 Å². The monoisotopic (exact) mass is 302 g/mol. The van der Waals surface area contributed by atoms with E-state index in [0.717, 1.165) is 16.8 Å². The lowest BCUT2D eigenvalue weighted by Gasteiger charge is -2.16. The smallest absolute Gasteiger partial charge is 0.246 e. The van der Waals surface area contributed by atoms with Gasteiger partial charge >= 0.3 is 0 Å². The molecule has 2 atom stereocenters. The second-order valence-electron chi connectivity index (χ2n) is 4.99. The molecule has 5 heteroatoms. The highest BCUT2D eigenvalue weighted by Crippen LogP contribution is 2.33.